The van der Waals surface area contributed by atoms with Crippen molar-refractivity contribution in [1.82, 2.24) is 5.16 Å². The second-order valence-corrected chi connectivity index (χ2v) is 5.68. The number of hydrogen-bond acceptors (Lipinski definition) is 11. The maximum absolute atomic E-state index is 11.2. The Morgan fingerprint density at radius 2 is 2.12 bits per heavy atom. The van der Waals surface area contributed by atoms with Crippen molar-refractivity contribution < 1.29 is 26.6 Å². The number of anilines is 1. The van der Waals surface area contributed by atoms with Crippen LogP contribution in [0.2, 0.25) is 0 Å². The van der Waals surface area contributed by atoms with Crippen LogP contribution in [0.15, 0.2) is 45.2 Å². The smallest absolute Gasteiger partial charge is 0.298 e. The van der Waals surface area contributed by atoms with Gasteiger partial charge < -0.3 is 14.0 Å². The van der Waals surface area contributed by atoms with Gasteiger partial charge in [-0.15, -0.1) is 10.2 Å². The van der Waals surface area contributed by atoms with E-state index < -0.39 is 15.3 Å². The first-order valence-electron chi connectivity index (χ1n) is 6.68. The number of likely N-dealkylation sites (N-methyl/N-ethyl adjacent to an activating group) is 1. The molecular formula is C12H12N5O7S-. The number of nitro benzene ring substituents is 1. The third kappa shape index (κ3) is 5.59. The minimum absolute atomic E-state index is 0.00284. The lowest BCUT2D eigenvalue weighted by molar-refractivity contribution is -0.384. The molecule has 1 aromatic heterocycles. The Morgan fingerprint density at radius 3 is 2.72 bits per heavy atom. The van der Waals surface area contributed by atoms with Gasteiger partial charge in [-0.05, 0) is 12.1 Å². The van der Waals surface area contributed by atoms with Gasteiger partial charge in [-0.2, -0.15) is 0 Å². The summed E-state index contributed by atoms with van der Waals surface area (Å²) in [6, 6.07) is 5.56. The number of hydrogen-bond donors (Lipinski definition) is 0. The zero-order valence-corrected chi connectivity index (χ0v) is 13.6. The lowest BCUT2D eigenvalue weighted by Gasteiger charge is -2.19. The fraction of sp³-hybridized carbons (Fsp3) is 0.250. The van der Waals surface area contributed by atoms with Crippen molar-refractivity contribution in [2.24, 2.45) is 10.2 Å². The molecule has 0 radical (unpaired) electrons. The Balaban J connectivity index is 2.16. The highest BCUT2D eigenvalue weighted by molar-refractivity contribution is 7.80. The van der Waals surface area contributed by atoms with Crippen LogP contribution in [0.5, 0.6) is 0 Å². The topological polar surface area (TPSA) is 164 Å². The van der Waals surface area contributed by atoms with Gasteiger partial charge in [0, 0.05) is 31.4 Å². The lowest BCUT2D eigenvalue weighted by atomic mass is 10.2. The van der Waals surface area contributed by atoms with Gasteiger partial charge in [0.25, 0.3) is 11.6 Å². The molecule has 0 unspecified atom stereocenters. The van der Waals surface area contributed by atoms with E-state index in [1.165, 1.54) is 35.4 Å². The van der Waals surface area contributed by atoms with Gasteiger partial charge in [0.15, 0.2) is 5.69 Å². The summed E-state index contributed by atoms with van der Waals surface area (Å²) in [6.45, 7) is -0.360. The zero-order chi connectivity index (χ0) is 18.4. The summed E-state index contributed by atoms with van der Waals surface area (Å²) in [6.07, 6.45) is 1.35. The molecule has 0 saturated heterocycles. The third-order valence-electron chi connectivity index (χ3n) is 2.93. The predicted octanol–water partition coefficient (Wildman–Crippen LogP) is 1.91. The van der Waals surface area contributed by atoms with Crippen LogP contribution in [0.1, 0.15) is 0 Å². The molecule has 0 fully saturated rings. The molecule has 0 N–H and O–H groups in total. The van der Waals surface area contributed by atoms with Crippen LogP contribution in [-0.2, 0) is 14.6 Å². The highest BCUT2D eigenvalue weighted by Crippen LogP contribution is 2.32. The van der Waals surface area contributed by atoms with Crippen molar-refractivity contribution in [2.75, 3.05) is 25.1 Å². The van der Waals surface area contributed by atoms with E-state index in [4.69, 9.17) is 4.52 Å². The predicted molar refractivity (Wildman–Crippen MR) is 82.7 cm³/mol. The van der Waals surface area contributed by atoms with Crippen LogP contribution < -0.4 is 4.90 Å². The molecule has 0 aliphatic heterocycles. The Bertz CT molecular complexity index is 866. The first kappa shape index (κ1) is 18.4. The maximum atomic E-state index is 11.2. The minimum atomic E-state index is -4.79. The van der Waals surface area contributed by atoms with Gasteiger partial charge in [-0.25, -0.2) is 8.42 Å². The number of rotatable bonds is 8. The SMILES string of the molecule is CN(CCOS(=O)(=O)[O-])c1ccc(N=Nc2ccno2)c([N+](=O)[O-])c1. The van der Waals surface area contributed by atoms with Crippen LogP contribution in [0, 0.1) is 10.1 Å². The molecular weight excluding hydrogens is 358 g/mol. The van der Waals surface area contributed by atoms with Gasteiger partial charge in [-0.3, -0.25) is 14.3 Å². The molecule has 0 amide bonds. The molecule has 0 aliphatic carbocycles. The Morgan fingerprint density at radius 1 is 1.36 bits per heavy atom. The quantitative estimate of drug-likeness (QED) is 0.222. The molecule has 0 saturated carbocycles. The Labute approximate surface area is 141 Å². The van der Waals surface area contributed by atoms with Crippen molar-refractivity contribution in [1.29, 1.82) is 0 Å². The van der Waals surface area contributed by atoms with E-state index in [-0.39, 0.29) is 30.4 Å². The molecule has 0 bridgehead atoms. The molecule has 2 rings (SSSR count). The molecule has 1 heterocycles. The van der Waals surface area contributed by atoms with Crippen LogP contribution in [-0.4, -0.2) is 43.2 Å². The van der Waals surface area contributed by atoms with E-state index >= 15 is 0 Å². The zero-order valence-electron chi connectivity index (χ0n) is 12.8. The van der Waals surface area contributed by atoms with Crippen molar-refractivity contribution in [3.8, 4) is 0 Å². The summed E-state index contributed by atoms with van der Waals surface area (Å²) in [5, 5.41) is 22.1. The average molecular weight is 370 g/mol. The molecule has 25 heavy (non-hydrogen) atoms. The van der Waals surface area contributed by atoms with Gasteiger partial charge in [0.1, 0.15) is 0 Å². The first-order chi connectivity index (χ1) is 11.8. The molecule has 0 spiro atoms. The van der Waals surface area contributed by atoms with Crippen molar-refractivity contribution in [2.45, 2.75) is 0 Å². The van der Waals surface area contributed by atoms with E-state index in [2.05, 4.69) is 19.6 Å². The standard InChI is InChI=1S/C12H13N5O7S/c1-16(6-7-23-25(20,21)22)9-2-3-10(11(8-9)17(18)19)14-15-12-4-5-13-24-12/h2-5,8H,6-7H2,1H3,(H,20,21,22)/p-1. The fourth-order valence-electron chi connectivity index (χ4n) is 1.75. The largest absolute Gasteiger partial charge is 0.726 e. The number of aromatic nitrogens is 1. The fourth-order valence-corrected chi connectivity index (χ4v) is 2.03. The van der Waals surface area contributed by atoms with E-state index in [1.807, 2.05) is 0 Å². The van der Waals surface area contributed by atoms with E-state index in [0.717, 1.165) is 0 Å². The van der Waals surface area contributed by atoms with Crippen LogP contribution >= 0.6 is 0 Å². The molecule has 1 aromatic carbocycles. The normalized spacial score (nSPS) is 11.8. The highest BCUT2D eigenvalue weighted by Gasteiger charge is 2.16. The summed E-state index contributed by atoms with van der Waals surface area (Å²) < 4.78 is 40.0. The van der Waals surface area contributed by atoms with Crippen molar-refractivity contribution in [3.05, 3.63) is 40.6 Å². The lowest BCUT2D eigenvalue weighted by Crippen LogP contribution is -2.23. The summed E-state index contributed by atoms with van der Waals surface area (Å²) in [7, 11) is -3.23. The number of azo groups is 1. The molecule has 2 aromatic rings. The van der Waals surface area contributed by atoms with Crippen LogP contribution in [0.4, 0.5) is 22.9 Å². The van der Waals surface area contributed by atoms with Crippen molar-refractivity contribution >= 4 is 33.3 Å². The summed E-state index contributed by atoms with van der Waals surface area (Å²) in [5.41, 5.74) is 0.0825. The highest BCUT2D eigenvalue weighted by atomic mass is 32.3. The summed E-state index contributed by atoms with van der Waals surface area (Å²) in [5.74, 6) is 0.0893. The first-order valence-corrected chi connectivity index (χ1v) is 8.02. The minimum Gasteiger partial charge on any atom is -0.726 e. The van der Waals surface area contributed by atoms with Crippen LogP contribution in [0.3, 0.4) is 0 Å². The molecule has 0 aliphatic rings. The van der Waals surface area contributed by atoms with E-state index in [0.29, 0.717) is 5.69 Å². The van der Waals surface area contributed by atoms with Gasteiger partial charge in [0.2, 0.25) is 10.4 Å². The van der Waals surface area contributed by atoms with E-state index in [9.17, 15) is 23.1 Å². The summed E-state index contributed by atoms with van der Waals surface area (Å²) in [4.78, 5) is 12.1. The third-order valence-corrected chi connectivity index (χ3v) is 3.39. The number of nitrogens with zero attached hydrogens (tertiary/aromatic N) is 5. The Hall–Kier alpha value is -2.90. The number of nitro groups is 1. The van der Waals surface area contributed by atoms with Gasteiger partial charge in [0.05, 0.1) is 17.7 Å². The molecule has 12 nitrogen and oxygen atoms in total. The average Bonchev–Trinajstić information content (AvgIpc) is 3.04. The number of benzene rings is 1. The van der Waals surface area contributed by atoms with Crippen LogP contribution in [0.25, 0.3) is 0 Å². The molecule has 0 atom stereocenters. The maximum Gasteiger partial charge on any atom is 0.298 e. The van der Waals surface area contributed by atoms with Gasteiger partial charge in [-0.1, -0.05) is 5.16 Å². The van der Waals surface area contributed by atoms with Crippen molar-refractivity contribution in [3.63, 3.8) is 0 Å². The molecule has 13 heteroatoms. The summed E-state index contributed by atoms with van der Waals surface area (Å²) >= 11 is 0. The monoisotopic (exact) mass is 370 g/mol. The Kier molecular flexibility index (Phi) is 5.74. The second kappa shape index (κ2) is 7.78. The van der Waals surface area contributed by atoms with E-state index in [1.54, 1.807) is 7.05 Å². The van der Waals surface area contributed by atoms with Gasteiger partial charge >= 0.3 is 0 Å². The molecule has 134 valence electrons. The second-order valence-electron chi connectivity index (χ2n) is 4.63.